The fourth-order valence-corrected chi connectivity index (χ4v) is 3.12. The molecule has 0 aliphatic carbocycles. The Kier molecular flexibility index (Phi) is 8.53. The van der Waals surface area contributed by atoms with Crippen LogP contribution in [0, 0.1) is 6.92 Å². The summed E-state index contributed by atoms with van der Waals surface area (Å²) in [5.74, 6) is 1.66. The summed E-state index contributed by atoms with van der Waals surface area (Å²) in [6.07, 6.45) is 2.68. The van der Waals surface area contributed by atoms with Crippen LogP contribution in [-0.4, -0.2) is 33.3 Å². The van der Waals surface area contributed by atoms with Gasteiger partial charge in [0.15, 0.2) is 11.8 Å². The summed E-state index contributed by atoms with van der Waals surface area (Å²) in [4.78, 5) is 7.32. The van der Waals surface area contributed by atoms with Gasteiger partial charge in [0, 0.05) is 35.8 Å². The fraction of sp³-hybridized carbons (Fsp3) is 0.533. The number of rotatable bonds is 6. The zero-order valence-corrected chi connectivity index (χ0v) is 17.2. The summed E-state index contributed by atoms with van der Waals surface area (Å²) >= 11 is 1.85. The molecule has 0 amide bonds. The average molecular weight is 448 g/mol. The van der Waals surface area contributed by atoms with Crippen LogP contribution >= 0.6 is 35.3 Å². The molecule has 0 aliphatic heterocycles. The highest BCUT2D eigenvalue weighted by Crippen LogP contribution is 2.16. The van der Waals surface area contributed by atoms with Gasteiger partial charge in [-0.05, 0) is 32.9 Å². The summed E-state index contributed by atoms with van der Waals surface area (Å²) in [5, 5.41) is 14.6. The van der Waals surface area contributed by atoms with Crippen LogP contribution in [0.25, 0.3) is 0 Å². The van der Waals surface area contributed by atoms with Crippen molar-refractivity contribution in [2.24, 2.45) is 12.0 Å². The van der Waals surface area contributed by atoms with Crippen LogP contribution < -0.4 is 10.6 Å². The van der Waals surface area contributed by atoms with Crippen LogP contribution in [0.15, 0.2) is 23.5 Å². The molecule has 2 heterocycles. The third-order valence-corrected chi connectivity index (χ3v) is 4.24. The summed E-state index contributed by atoms with van der Waals surface area (Å²) in [5.41, 5.74) is 0. The first-order valence-electron chi connectivity index (χ1n) is 7.51. The molecular weight excluding hydrogens is 423 g/mol. The first-order valence-corrected chi connectivity index (χ1v) is 8.33. The van der Waals surface area contributed by atoms with Crippen LogP contribution in [-0.2, 0) is 20.0 Å². The van der Waals surface area contributed by atoms with Gasteiger partial charge in [0.05, 0.1) is 0 Å². The Labute approximate surface area is 158 Å². The minimum absolute atomic E-state index is 0. The molecule has 23 heavy (non-hydrogen) atoms. The molecule has 2 rings (SSSR count). The van der Waals surface area contributed by atoms with E-state index < -0.39 is 0 Å². The van der Waals surface area contributed by atoms with E-state index in [4.69, 9.17) is 0 Å². The zero-order valence-electron chi connectivity index (χ0n) is 14.0. The number of aryl methyl sites for hydroxylation is 2. The normalized spacial score (nSPS) is 12.6. The number of thiophene rings is 1. The average Bonchev–Trinajstić information content (AvgIpc) is 3.05. The van der Waals surface area contributed by atoms with Gasteiger partial charge >= 0.3 is 0 Å². The van der Waals surface area contributed by atoms with Crippen LogP contribution in [0.2, 0.25) is 0 Å². The van der Waals surface area contributed by atoms with Crippen molar-refractivity contribution < 1.29 is 0 Å². The molecule has 0 aromatic carbocycles. The predicted molar refractivity (Wildman–Crippen MR) is 107 cm³/mol. The van der Waals surface area contributed by atoms with Gasteiger partial charge in [-0.2, -0.15) is 0 Å². The molecule has 0 aliphatic rings. The molecule has 0 spiro atoms. The van der Waals surface area contributed by atoms with Crippen molar-refractivity contribution >= 4 is 41.3 Å². The van der Waals surface area contributed by atoms with Crippen molar-refractivity contribution in [2.75, 3.05) is 6.54 Å². The molecule has 0 fully saturated rings. The highest BCUT2D eigenvalue weighted by molar-refractivity contribution is 14.0. The van der Waals surface area contributed by atoms with E-state index in [-0.39, 0.29) is 24.0 Å². The van der Waals surface area contributed by atoms with E-state index in [0.717, 1.165) is 24.7 Å². The molecule has 8 heteroatoms. The van der Waals surface area contributed by atoms with Gasteiger partial charge in [0.1, 0.15) is 12.9 Å². The highest BCUT2D eigenvalue weighted by atomic mass is 127. The van der Waals surface area contributed by atoms with Crippen molar-refractivity contribution in [3.63, 3.8) is 0 Å². The smallest absolute Gasteiger partial charge is 0.191 e. The fourth-order valence-electron chi connectivity index (χ4n) is 2.10. The number of guanidine groups is 1. The topological polar surface area (TPSA) is 67.1 Å². The summed E-state index contributed by atoms with van der Waals surface area (Å²) in [6.45, 7) is 7.71. The lowest BCUT2D eigenvalue weighted by Crippen LogP contribution is -2.43. The Hall–Kier alpha value is -1.16. The molecule has 1 atom stereocenters. The molecule has 128 valence electrons. The number of aliphatic imine (C=N–C) groups is 1. The second kappa shape index (κ2) is 9.86. The predicted octanol–water partition coefficient (Wildman–Crippen LogP) is 2.49. The minimum Gasteiger partial charge on any atom is -0.357 e. The van der Waals surface area contributed by atoms with Crippen molar-refractivity contribution in [3.8, 4) is 0 Å². The van der Waals surface area contributed by atoms with E-state index in [1.165, 1.54) is 9.75 Å². The molecule has 0 bridgehead atoms. The largest absolute Gasteiger partial charge is 0.357 e. The van der Waals surface area contributed by atoms with Crippen molar-refractivity contribution in [1.29, 1.82) is 0 Å². The lowest BCUT2D eigenvalue weighted by molar-refractivity contribution is 0.643. The molecule has 0 saturated carbocycles. The van der Waals surface area contributed by atoms with E-state index in [2.05, 4.69) is 58.7 Å². The van der Waals surface area contributed by atoms with Gasteiger partial charge in [0.2, 0.25) is 0 Å². The maximum atomic E-state index is 4.58. The summed E-state index contributed by atoms with van der Waals surface area (Å²) < 4.78 is 1.88. The second-order valence-corrected chi connectivity index (χ2v) is 6.69. The summed E-state index contributed by atoms with van der Waals surface area (Å²) in [7, 11) is 1.92. The SMILES string of the molecule is CCNC(=NCc1nncn1C)NC(C)Cc1ccc(C)s1.I. The Balaban J connectivity index is 0.00000264. The Bertz CT molecular complexity index is 621. The number of hydrogen-bond acceptors (Lipinski definition) is 4. The lowest BCUT2D eigenvalue weighted by atomic mass is 10.2. The van der Waals surface area contributed by atoms with Crippen molar-refractivity contribution in [2.45, 2.75) is 39.8 Å². The minimum atomic E-state index is 0. The molecule has 2 aromatic heterocycles. The Morgan fingerprint density at radius 2 is 2.22 bits per heavy atom. The Morgan fingerprint density at radius 3 is 2.78 bits per heavy atom. The zero-order chi connectivity index (χ0) is 15.9. The third-order valence-electron chi connectivity index (χ3n) is 3.21. The molecule has 0 saturated heterocycles. The van der Waals surface area contributed by atoms with Crippen LogP contribution in [0.4, 0.5) is 0 Å². The van der Waals surface area contributed by atoms with E-state index in [1.54, 1.807) is 6.33 Å². The number of aromatic nitrogens is 3. The monoisotopic (exact) mass is 448 g/mol. The van der Waals surface area contributed by atoms with E-state index in [0.29, 0.717) is 12.6 Å². The molecule has 2 aromatic rings. The van der Waals surface area contributed by atoms with Crippen LogP contribution in [0.1, 0.15) is 29.4 Å². The van der Waals surface area contributed by atoms with Gasteiger partial charge in [-0.1, -0.05) is 0 Å². The van der Waals surface area contributed by atoms with E-state index in [9.17, 15) is 0 Å². The van der Waals surface area contributed by atoms with Gasteiger partial charge in [-0.3, -0.25) is 0 Å². The highest BCUT2D eigenvalue weighted by Gasteiger charge is 2.08. The molecule has 1 unspecified atom stereocenters. The third kappa shape index (κ3) is 6.46. The second-order valence-electron chi connectivity index (χ2n) is 5.32. The molecule has 0 radical (unpaired) electrons. The molecular formula is C15H25IN6S. The first-order chi connectivity index (χ1) is 10.6. The van der Waals surface area contributed by atoms with Gasteiger partial charge in [-0.15, -0.1) is 45.5 Å². The number of halogens is 1. The maximum absolute atomic E-state index is 4.58. The Morgan fingerprint density at radius 1 is 1.43 bits per heavy atom. The number of hydrogen-bond donors (Lipinski definition) is 2. The van der Waals surface area contributed by atoms with Crippen LogP contribution in [0.5, 0.6) is 0 Å². The molecule has 2 N–H and O–H groups in total. The standard InChI is InChI=1S/C15H24N6S.HI/c1-5-16-15(17-9-14-20-18-10-21(14)4)19-11(2)8-13-7-6-12(3)22-13;/h6-7,10-11H,5,8-9H2,1-4H3,(H2,16,17,19);1H. The van der Waals surface area contributed by atoms with Crippen LogP contribution in [0.3, 0.4) is 0 Å². The quantitative estimate of drug-likeness (QED) is 0.405. The van der Waals surface area contributed by atoms with Crippen molar-refractivity contribution in [1.82, 2.24) is 25.4 Å². The van der Waals surface area contributed by atoms with Crippen molar-refractivity contribution in [3.05, 3.63) is 34.0 Å². The number of nitrogens with one attached hydrogen (secondary N) is 2. The maximum Gasteiger partial charge on any atom is 0.191 e. The number of nitrogens with zero attached hydrogens (tertiary/aromatic N) is 4. The van der Waals surface area contributed by atoms with Gasteiger partial charge < -0.3 is 15.2 Å². The van der Waals surface area contributed by atoms with E-state index >= 15 is 0 Å². The summed E-state index contributed by atoms with van der Waals surface area (Å²) in [6, 6.07) is 4.68. The lowest BCUT2D eigenvalue weighted by Gasteiger charge is -2.17. The molecule has 6 nitrogen and oxygen atoms in total. The first kappa shape index (κ1) is 19.9. The van der Waals surface area contributed by atoms with E-state index in [1.807, 2.05) is 23.0 Å². The van der Waals surface area contributed by atoms with Gasteiger partial charge in [0.25, 0.3) is 0 Å². The van der Waals surface area contributed by atoms with Gasteiger partial charge in [-0.25, -0.2) is 4.99 Å².